The molecule has 4 nitrogen and oxygen atoms in total. The summed E-state index contributed by atoms with van der Waals surface area (Å²) in [5.74, 6) is 2.36. The summed E-state index contributed by atoms with van der Waals surface area (Å²) in [5, 5.41) is 0. The first-order valence-corrected chi connectivity index (χ1v) is 8.22. The Balaban J connectivity index is 2.00. The Morgan fingerprint density at radius 3 is 2.08 bits per heavy atom. The van der Waals surface area contributed by atoms with E-state index >= 15 is 0 Å². The third-order valence-electron chi connectivity index (χ3n) is 4.10. The van der Waals surface area contributed by atoms with Crippen LogP contribution in [0.5, 0.6) is 23.0 Å². The van der Waals surface area contributed by atoms with Gasteiger partial charge in [-0.15, -0.1) is 0 Å². The lowest BCUT2D eigenvalue weighted by Gasteiger charge is -2.14. The summed E-state index contributed by atoms with van der Waals surface area (Å²) in [7, 11) is 3.17. The molecule has 0 spiro atoms. The number of hydrogen-bond donors (Lipinski definition) is 0. The number of aryl methyl sites for hydroxylation is 1. The molecule has 0 N–H and O–H groups in total. The molecule has 0 bridgehead atoms. The van der Waals surface area contributed by atoms with Gasteiger partial charge in [0.1, 0.15) is 23.0 Å². The van der Waals surface area contributed by atoms with Gasteiger partial charge in [-0.2, -0.15) is 0 Å². The van der Waals surface area contributed by atoms with E-state index in [4.69, 9.17) is 14.2 Å². The van der Waals surface area contributed by atoms with E-state index in [1.807, 2.05) is 31.2 Å². The zero-order chi connectivity index (χ0) is 18.5. The van der Waals surface area contributed by atoms with Crippen molar-refractivity contribution in [3.8, 4) is 23.0 Å². The molecular formula is C22H20O4. The van der Waals surface area contributed by atoms with Crippen LogP contribution in [0.3, 0.4) is 0 Å². The highest BCUT2D eigenvalue weighted by Crippen LogP contribution is 2.32. The maximum absolute atomic E-state index is 13.0. The van der Waals surface area contributed by atoms with E-state index in [1.165, 1.54) is 0 Å². The van der Waals surface area contributed by atoms with E-state index in [0.29, 0.717) is 34.1 Å². The highest BCUT2D eigenvalue weighted by Gasteiger charge is 2.17. The topological polar surface area (TPSA) is 44.8 Å². The minimum absolute atomic E-state index is 0.126. The Hall–Kier alpha value is -3.27. The Morgan fingerprint density at radius 2 is 1.42 bits per heavy atom. The number of ether oxygens (including phenoxy) is 3. The SMILES string of the molecule is COc1ccc(C(=O)c2ccc(OC)cc2Oc2ccccc2C)cc1. The van der Waals surface area contributed by atoms with Crippen LogP contribution in [0, 0.1) is 6.92 Å². The number of para-hydroxylation sites is 1. The van der Waals surface area contributed by atoms with E-state index in [1.54, 1.807) is 56.7 Å². The van der Waals surface area contributed by atoms with Crippen molar-refractivity contribution in [3.05, 3.63) is 83.4 Å². The summed E-state index contributed by atoms with van der Waals surface area (Å²) in [6, 6.07) is 19.9. The second kappa shape index (κ2) is 7.74. The predicted octanol–water partition coefficient (Wildman–Crippen LogP) is 5.04. The lowest BCUT2D eigenvalue weighted by Crippen LogP contribution is -2.04. The van der Waals surface area contributed by atoms with Crippen molar-refractivity contribution in [3.63, 3.8) is 0 Å². The molecule has 3 rings (SSSR count). The Kier molecular flexibility index (Phi) is 5.23. The van der Waals surface area contributed by atoms with Crippen LogP contribution in [-0.2, 0) is 0 Å². The first kappa shape index (κ1) is 17.5. The van der Waals surface area contributed by atoms with Crippen molar-refractivity contribution in [1.29, 1.82) is 0 Å². The molecule has 3 aromatic carbocycles. The number of carbonyl (C=O) groups is 1. The van der Waals surface area contributed by atoms with Gasteiger partial charge in [-0.25, -0.2) is 0 Å². The van der Waals surface area contributed by atoms with Crippen LogP contribution < -0.4 is 14.2 Å². The number of methoxy groups -OCH3 is 2. The molecule has 3 aromatic rings. The van der Waals surface area contributed by atoms with Gasteiger partial charge in [-0.3, -0.25) is 4.79 Å². The summed E-state index contributed by atoms with van der Waals surface area (Å²) < 4.78 is 16.5. The largest absolute Gasteiger partial charge is 0.497 e. The second-order valence-electron chi connectivity index (χ2n) is 5.79. The van der Waals surface area contributed by atoms with E-state index < -0.39 is 0 Å². The van der Waals surface area contributed by atoms with Crippen LogP contribution in [0.4, 0.5) is 0 Å². The highest BCUT2D eigenvalue weighted by molar-refractivity contribution is 6.10. The molecule has 0 radical (unpaired) electrons. The summed E-state index contributed by atoms with van der Waals surface area (Å²) in [5.41, 5.74) is 2.02. The second-order valence-corrected chi connectivity index (χ2v) is 5.79. The molecule has 0 aromatic heterocycles. The van der Waals surface area contributed by atoms with Crippen LogP contribution in [-0.4, -0.2) is 20.0 Å². The standard InChI is InChI=1S/C22H20O4/c1-15-6-4-5-7-20(15)26-21-14-18(25-3)12-13-19(21)22(23)16-8-10-17(24-2)11-9-16/h4-14H,1-3H3. The van der Waals surface area contributed by atoms with Crippen molar-refractivity contribution >= 4 is 5.78 Å². The van der Waals surface area contributed by atoms with E-state index in [2.05, 4.69) is 0 Å². The van der Waals surface area contributed by atoms with E-state index in [-0.39, 0.29) is 5.78 Å². The molecule has 132 valence electrons. The lowest BCUT2D eigenvalue weighted by atomic mass is 10.0. The van der Waals surface area contributed by atoms with Crippen LogP contribution in [0.2, 0.25) is 0 Å². The maximum atomic E-state index is 13.0. The fourth-order valence-corrected chi connectivity index (χ4v) is 2.59. The number of benzene rings is 3. The minimum atomic E-state index is -0.126. The van der Waals surface area contributed by atoms with Gasteiger partial charge in [0.2, 0.25) is 0 Å². The quantitative estimate of drug-likeness (QED) is 0.586. The Morgan fingerprint density at radius 1 is 0.769 bits per heavy atom. The molecule has 0 saturated heterocycles. The molecule has 0 atom stereocenters. The van der Waals surface area contributed by atoms with Gasteiger partial charge in [0, 0.05) is 11.6 Å². The average molecular weight is 348 g/mol. The van der Waals surface area contributed by atoms with Crippen molar-refractivity contribution in [2.24, 2.45) is 0 Å². The van der Waals surface area contributed by atoms with Crippen LogP contribution in [0.25, 0.3) is 0 Å². The van der Waals surface area contributed by atoms with Crippen molar-refractivity contribution in [1.82, 2.24) is 0 Å². The normalized spacial score (nSPS) is 10.3. The molecule has 0 saturated carbocycles. The third-order valence-corrected chi connectivity index (χ3v) is 4.10. The molecule has 26 heavy (non-hydrogen) atoms. The molecule has 0 amide bonds. The molecular weight excluding hydrogens is 328 g/mol. The minimum Gasteiger partial charge on any atom is -0.497 e. The number of rotatable bonds is 6. The van der Waals surface area contributed by atoms with Gasteiger partial charge in [0.25, 0.3) is 0 Å². The number of ketones is 1. The van der Waals surface area contributed by atoms with Gasteiger partial charge in [0.05, 0.1) is 19.8 Å². The maximum Gasteiger partial charge on any atom is 0.196 e. The predicted molar refractivity (Wildman–Crippen MR) is 101 cm³/mol. The highest BCUT2D eigenvalue weighted by atomic mass is 16.5. The summed E-state index contributed by atoms with van der Waals surface area (Å²) in [4.78, 5) is 13.0. The van der Waals surface area contributed by atoms with Crippen LogP contribution >= 0.6 is 0 Å². The van der Waals surface area contributed by atoms with Crippen molar-refractivity contribution in [2.45, 2.75) is 6.92 Å². The van der Waals surface area contributed by atoms with Crippen LogP contribution in [0.1, 0.15) is 21.5 Å². The van der Waals surface area contributed by atoms with Gasteiger partial charge >= 0.3 is 0 Å². The Bertz CT molecular complexity index is 914. The van der Waals surface area contributed by atoms with Crippen LogP contribution in [0.15, 0.2) is 66.7 Å². The van der Waals surface area contributed by atoms with E-state index in [9.17, 15) is 4.79 Å². The fraction of sp³-hybridized carbons (Fsp3) is 0.136. The van der Waals surface area contributed by atoms with Crippen molar-refractivity contribution in [2.75, 3.05) is 14.2 Å². The van der Waals surface area contributed by atoms with E-state index in [0.717, 1.165) is 5.56 Å². The molecule has 0 aliphatic carbocycles. The monoisotopic (exact) mass is 348 g/mol. The molecule has 4 heteroatoms. The zero-order valence-electron chi connectivity index (χ0n) is 15.0. The lowest BCUT2D eigenvalue weighted by molar-refractivity contribution is 0.103. The molecule has 0 unspecified atom stereocenters. The van der Waals surface area contributed by atoms with Crippen molar-refractivity contribution < 1.29 is 19.0 Å². The number of carbonyl (C=O) groups excluding carboxylic acids is 1. The van der Waals surface area contributed by atoms with Gasteiger partial charge in [-0.05, 0) is 55.0 Å². The molecule has 0 fully saturated rings. The first-order valence-electron chi connectivity index (χ1n) is 8.22. The summed E-state index contributed by atoms with van der Waals surface area (Å²) in [6.45, 7) is 1.96. The summed E-state index contributed by atoms with van der Waals surface area (Å²) >= 11 is 0. The first-order chi connectivity index (χ1) is 12.6. The smallest absolute Gasteiger partial charge is 0.196 e. The van der Waals surface area contributed by atoms with Gasteiger partial charge in [-0.1, -0.05) is 18.2 Å². The molecule has 0 heterocycles. The third kappa shape index (κ3) is 3.70. The fourth-order valence-electron chi connectivity index (χ4n) is 2.59. The molecule has 0 aliphatic rings. The summed E-state index contributed by atoms with van der Waals surface area (Å²) in [6.07, 6.45) is 0. The average Bonchev–Trinajstić information content (AvgIpc) is 2.69. The Labute approximate surface area is 153 Å². The van der Waals surface area contributed by atoms with Gasteiger partial charge in [0.15, 0.2) is 5.78 Å². The number of hydrogen-bond acceptors (Lipinski definition) is 4. The zero-order valence-corrected chi connectivity index (χ0v) is 15.0. The molecule has 0 aliphatic heterocycles. The van der Waals surface area contributed by atoms with Gasteiger partial charge < -0.3 is 14.2 Å².